The van der Waals surface area contributed by atoms with Gasteiger partial charge < -0.3 is 5.73 Å². The van der Waals surface area contributed by atoms with E-state index in [-0.39, 0.29) is 11.2 Å². The molecule has 0 unspecified atom stereocenters. The average molecular weight is 293 g/mol. The number of rotatable bonds is 4. The van der Waals surface area contributed by atoms with E-state index in [2.05, 4.69) is 25.9 Å². The van der Waals surface area contributed by atoms with Crippen molar-refractivity contribution in [1.82, 2.24) is 9.78 Å². The summed E-state index contributed by atoms with van der Waals surface area (Å²) in [6.45, 7) is 7.67. The van der Waals surface area contributed by atoms with Crippen LogP contribution in [0.3, 0.4) is 0 Å². The van der Waals surface area contributed by atoms with Crippen LogP contribution in [0.15, 0.2) is 40.3 Å². The Hall–Kier alpha value is -1.33. The van der Waals surface area contributed by atoms with Crippen LogP contribution >= 0.6 is 11.8 Å². The molecule has 0 atom stereocenters. The molecule has 0 amide bonds. The fourth-order valence-corrected chi connectivity index (χ4v) is 3.02. The van der Waals surface area contributed by atoms with Gasteiger partial charge in [0.2, 0.25) is 0 Å². The van der Waals surface area contributed by atoms with E-state index >= 15 is 0 Å². The summed E-state index contributed by atoms with van der Waals surface area (Å²) in [7, 11) is 0. The molecule has 1 heterocycles. The van der Waals surface area contributed by atoms with Crippen molar-refractivity contribution >= 4 is 11.8 Å². The summed E-state index contributed by atoms with van der Waals surface area (Å²) in [6, 6.07) is 6.52. The van der Waals surface area contributed by atoms with Crippen molar-refractivity contribution in [3.63, 3.8) is 0 Å². The lowest BCUT2D eigenvalue weighted by molar-refractivity contribution is 0.530. The SMILES string of the molecule is CC(C)(C)c1nn(CCN)cc1Sc1ccc(F)cc1. The Bertz CT molecular complexity index is 570. The maximum atomic E-state index is 13.0. The predicted molar refractivity (Wildman–Crippen MR) is 80.5 cm³/mol. The van der Waals surface area contributed by atoms with E-state index in [0.29, 0.717) is 13.1 Å². The second-order valence-electron chi connectivity index (χ2n) is 5.70. The Morgan fingerprint density at radius 2 is 1.90 bits per heavy atom. The van der Waals surface area contributed by atoms with Crippen molar-refractivity contribution in [2.45, 2.75) is 42.5 Å². The van der Waals surface area contributed by atoms with Crippen molar-refractivity contribution in [3.05, 3.63) is 42.0 Å². The molecule has 2 N–H and O–H groups in total. The minimum absolute atomic E-state index is 0.0395. The zero-order valence-corrected chi connectivity index (χ0v) is 12.9. The number of benzene rings is 1. The van der Waals surface area contributed by atoms with Crippen LogP contribution in [0.5, 0.6) is 0 Å². The van der Waals surface area contributed by atoms with Gasteiger partial charge in [-0.25, -0.2) is 4.39 Å². The lowest BCUT2D eigenvalue weighted by Crippen LogP contribution is -2.15. The standard InChI is InChI=1S/C15H20FN3S/c1-15(2,3)14-13(10-19(18-14)9-8-17)20-12-6-4-11(16)5-7-12/h4-7,10H,8-9,17H2,1-3H3. The average Bonchev–Trinajstić information content (AvgIpc) is 2.75. The summed E-state index contributed by atoms with van der Waals surface area (Å²) in [4.78, 5) is 2.10. The molecule has 2 aromatic rings. The van der Waals surface area contributed by atoms with Gasteiger partial charge >= 0.3 is 0 Å². The monoisotopic (exact) mass is 293 g/mol. The summed E-state index contributed by atoms with van der Waals surface area (Å²) in [5.41, 5.74) is 6.59. The number of nitrogens with zero attached hydrogens (tertiary/aromatic N) is 2. The lowest BCUT2D eigenvalue weighted by Gasteiger charge is -2.17. The topological polar surface area (TPSA) is 43.8 Å². The van der Waals surface area contributed by atoms with Gasteiger partial charge in [0.15, 0.2) is 0 Å². The molecule has 20 heavy (non-hydrogen) atoms. The molecular weight excluding hydrogens is 273 g/mol. The van der Waals surface area contributed by atoms with E-state index in [9.17, 15) is 4.39 Å². The van der Waals surface area contributed by atoms with Gasteiger partial charge in [-0.2, -0.15) is 5.10 Å². The minimum Gasteiger partial charge on any atom is -0.329 e. The quantitative estimate of drug-likeness (QED) is 0.939. The number of hydrogen-bond acceptors (Lipinski definition) is 3. The van der Waals surface area contributed by atoms with Crippen LogP contribution < -0.4 is 5.73 Å². The van der Waals surface area contributed by atoms with Crippen molar-refractivity contribution in [2.24, 2.45) is 5.73 Å². The largest absolute Gasteiger partial charge is 0.329 e. The number of halogens is 1. The third kappa shape index (κ3) is 3.61. The molecule has 0 radical (unpaired) electrons. The Labute approximate surface area is 123 Å². The van der Waals surface area contributed by atoms with Crippen molar-refractivity contribution in [2.75, 3.05) is 6.54 Å². The molecule has 0 fully saturated rings. The van der Waals surface area contributed by atoms with Crippen LogP contribution in [0.25, 0.3) is 0 Å². The van der Waals surface area contributed by atoms with Gasteiger partial charge in [-0.15, -0.1) is 0 Å². The van der Waals surface area contributed by atoms with Gasteiger partial charge in [0.05, 0.1) is 17.1 Å². The fourth-order valence-electron chi connectivity index (χ4n) is 1.87. The van der Waals surface area contributed by atoms with Crippen LogP contribution in [0, 0.1) is 5.82 Å². The van der Waals surface area contributed by atoms with E-state index in [1.165, 1.54) is 12.1 Å². The zero-order chi connectivity index (χ0) is 14.8. The zero-order valence-electron chi connectivity index (χ0n) is 12.1. The van der Waals surface area contributed by atoms with Crippen molar-refractivity contribution in [1.29, 1.82) is 0 Å². The summed E-state index contributed by atoms with van der Waals surface area (Å²) < 4.78 is 14.8. The number of aromatic nitrogens is 2. The second kappa shape index (κ2) is 5.97. The van der Waals surface area contributed by atoms with Gasteiger partial charge in [0.1, 0.15) is 5.82 Å². The molecule has 1 aromatic carbocycles. The first kappa shape index (κ1) is 15.1. The summed E-state index contributed by atoms with van der Waals surface area (Å²) in [6.07, 6.45) is 2.02. The van der Waals surface area contributed by atoms with Gasteiger partial charge in [-0.05, 0) is 24.3 Å². The van der Waals surface area contributed by atoms with Crippen LogP contribution in [-0.4, -0.2) is 16.3 Å². The van der Waals surface area contributed by atoms with Gasteiger partial charge in [0.25, 0.3) is 0 Å². The first-order chi connectivity index (χ1) is 9.40. The Morgan fingerprint density at radius 3 is 2.45 bits per heavy atom. The molecule has 0 spiro atoms. The normalized spacial score (nSPS) is 11.8. The van der Waals surface area contributed by atoms with Crippen molar-refractivity contribution in [3.8, 4) is 0 Å². The Balaban J connectivity index is 2.31. The highest BCUT2D eigenvalue weighted by atomic mass is 32.2. The molecule has 0 saturated carbocycles. The van der Waals surface area contributed by atoms with Gasteiger partial charge in [-0.1, -0.05) is 32.5 Å². The van der Waals surface area contributed by atoms with E-state index < -0.39 is 0 Å². The minimum atomic E-state index is -0.218. The molecule has 0 aliphatic carbocycles. The number of nitrogens with two attached hydrogens (primary N) is 1. The second-order valence-corrected chi connectivity index (χ2v) is 6.82. The first-order valence-electron chi connectivity index (χ1n) is 6.61. The lowest BCUT2D eigenvalue weighted by atomic mass is 9.92. The van der Waals surface area contributed by atoms with Crippen LogP contribution in [-0.2, 0) is 12.0 Å². The molecule has 1 aromatic heterocycles. The van der Waals surface area contributed by atoms with Crippen LogP contribution in [0.2, 0.25) is 0 Å². The highest BCUT2D eigenvalue weighted by Crippen LogP contribution is 2.35. The third-order valence-electron chi connectivity index (χ3n) is 2.84. The Morgan fingerprint density at radius 1 is 1.25 bits per heavy atom. The molecule has 0 aliphatic rings. The van der Waals surface area contributed by atoms with E-state index in [1.54, 1.807) is 23.9 Å². The van der Waals surface area contributed by atoms with Crippen LogP contribution in [0.4, 0.5) is 4.39 Å². The molecule has 0 aliphatic heterocycles. The number of hydrogen-bond donors (Lipinski definition) is 1. The molecule has 3 nitrogen and oxygen atoms in total. The fraction of sp³-hybridized carbons (Fsp3) is 0.400. The maximum Gasteiger partial charge on any atom is 0.123 e. The van der Waals surface area contributed by atoms with Crippen molar-refractivity contribution < 1.29 is 4.39 Å². The third-order valence-corrected chi connectivity index (χ3v) is 3.86. The highest BCUT2D eigenvalue weighted by Gasteiger charge is 2.23. The smallest absolute Gasteiger partial charge is 0.123 e. The van der Waals surface area contributed by atoms with Gasteiger partial charge in [-0.3, -0.25) is 4.68 Å². The molecule has 0 saturated heterocycles. The maximum absolute atomic E-state index is 13.0. The molecular formula is C15H20FN3S. The van der Waals surface area contributed by atoms with E-state index in [1.807, 2.05) is 10.9 Å². The molecule has 2 rings (SSSR count). The Kier molecular flexibility index (Phi) is 4.50. The molecule has 108 valence electrons. The highest BCUT2D eigenvalue weighted by molar-refractivity contribution is 7.99. The van der Waals surface area contributed by atoms with Gasteiger partial charge in [0, 0.05) is 23.1 Å². The summed E-state index contributed by atoms with van der Waals surface area (Å²) in [5, 5.41) is 4.63. The van der Waals surface area contributed by atoms with E-state index in [0.717, 1.165) is 15.5 Å². The first-order valence-corrected chi connectivity index (χ1v) is 7.43. The summed E-state index contributed by atoms with van der Waals surface area (Å²) >= 11 is 1.61. The summed E-state index contributed by atoms with van der Waals surface area (Å²) in [5.74, 6) is -0.218. The van der Waals surface area contributed by atoms with E-state index in [4.69, 9.17) is 5.73 Å². The molecule has 0 bridgehead atoms. The predicted octanol–water partition coefficient (Wildman–Crippen LogP) is 3.43. The molecule has 5 heteroatoms. The van der Waals surface area contributed by atoms with Crippen LogP contribution in [0.1, 0.15) is 26.5 Å².